The third-order valence-electron chi connectivity index (χ3n) is 3.66. The minimum Gasteiger partial charge on any atom is -0.493 e. The summed E-state index contributed by atoms with van der Waals surface area (Å²) in [6.07, 6.45) is 3.01. The third kappa shape index (κ3) is 2.38. The van der Waals surface area contributed by atoms with E-state index in [9.17, 15) is 0 Å². The maximum Gasteiger partial charge on any atom is 0.123 e. The van der Waals surface area contributed by atoms with Gasteiger partial charge < -0.3 is 10.1 Å². The molecule has 2 aromatic rings. The summed E-state index contributed by atoms with van der Waals surface area (Å²) in [7, 11) is 1.98. The van der Waals surface area contributed by atoms with Crippen LogP contribution >= 0.6 is 11.3 Å². The van der Waals surface area contributed by atoms with Gasteiger partial charge in [0.15, 0.2) is 0 Å². The highest BCUT2D eigenvalue weighted by Gasteiger charge is 2.25. The number of fused-ring (bicyclic) bond motifs is 1. The van der Waals surface area contributed by atoms with Gasteiger partial charge in [-0.05, 0) is 26.5 Å². The number of para-hydroxylation sites is 1. The highest BCUT2D eigenvalue weighted by molar-refractivity contribution is 7.11. The average Bonchev–Trinajstić information content (AvgIpc) is 2.95. The van der Waals surface area contributed by atoms with E-state index in [1.54, 1.807) is 11.3 Å². The van der Waals surface area contributed by atoms with E-state index in [0.717, 1.165) is 18.8 Å². The Kier molecular flexibility index (Phi) is 3.53. The normalized spacial score (nSPS) is 19.6. The molecular weight excluding hydrogens is 256 g/mol. The second-order valence-electron chi connectivity index (χ2n) is 4.84. The van der Waals surface area contributed by atoms with Crippen LogP contribution in [0.15, 0.2) is 30.5 Å². The summed E-state index contributed by atoms with van der Waals surface area (Å²) in [5.74, 6) is 1.39. The van der Waals surface area contributed by atoms with Gasteiger partial charge in [-0.1, -0.05) is 18.2 Å². The number of aromatic nitrogens is 1. The molecule has 1 aliphatic heterocycles. The first-order valence-corrected chi connectivity index (χ1v) is 7.46. The topological polar surface area (TPSA) is 34.2 Å². The van der Waals surface area contributed by atoms with Crippen LogP contribution in [0.1, 0.15) is 40.8 Å². The summed E-state index contributed by atoms with van der Waals surface area (Å²) in [5, 5.41) is 4.46. The Morgan fingerprint density at radius 2 is 2.26 bits per heavy atom. The molecule has 0 fully saturated rings. The fourth-order valence-corrected chi connectivity index (χ4v) is 3.54. The van der Waals surface area contributed by atoms with Gasteiger partial charge in [0.2, 0.25) is 0 Å². The molecule has 0 aliphatic carbocycles. The number of thiazole rings is 1. The molecule has 1 aromatic heterocycles. The smallest absolute Gasteiger partial charge is 0.123 e. The monoisotopic (exact) mass is 274 g/mol. The number of nitrogens with one attached hydrogen (secondary N) is 1. The minimum atomic E-state index is 0.362. The van der Waals surface area contributed by atoms with E-state index in [4.69, 9.17) is 4.74 Å². The van der Waals surface area contributed by atoms with Gasteiger partial charge in [-0.2, -0.15) is 0 Å². The highest BCUT2D eigenvalue weighted by atomic mass is 32.1. The maximum absolute atomic E-state index is 5.72. The van der Waals surface area contributed by atoms with E-state index >= 15 is 0 Å². The zero-order chi connectivity index (χ0) is 13.2. The summed E-state index contributed by atoms with van der Waals surface area (Å²) in [6, 6.07) is 8.66. The van der Waals surface area contributed by atoms with Gasteiger partial charge in [0.05, 0.1) is 6.61 Å². The predicted molar refractivity (Wildman–Crippen MR) is 78.0 cm³/mol. The van der Waals surface area contributed by atoms with Crippen LogP contribution in [0.5, 0.6) is 5.75 Å². The molecule has 0 spiro atoms. The lowest BCUT2D eigenvalue weighted by Crippen LogP contribution is -2.14. The van der Waals surface area contributed by atoms with Gasteiger partial charge in [-0.25, -0.2) is 4.98 Å². The van der Waals surface area contributed by atoms with Crippen molar-refractivity contribution in [3.8, 4) is 5.75 Å². The fraction of sp³-hybridized carbons (Fsp3) is 0.400. The number of hydrogen-bond donors (Lipinski definition) is 1. The van der Waals surface area contributed by atoms with Crippen LogP contribution in [0.4, 0.5) is 0 Å². The Bertz CT molecular complexity index is 567. The number of hydrogen-bond acceptors (Lipinski definition) is 4. The van der Waals surface area contributed by atoms with Gasteiger partial charge >= 0.3 is 0 Å². The molecule has 0 saturated heterocycles. The summed E-state index contributed by atoms with van der Waals surface area (Å²) in [6.45, 7) is 2.94. The zero-order valence-corrected chi connectivity index (χ0v) is 12.0. The summed E-state index contributed by atoms with van der Waals surface area (Å²) >= 11 is 1.81. The van der Waals surface area contributed by atoms with Gasteiger partial charge in [-0.15, -0.1) is 11.3 Å². The largest absolute Gasteiger partial charge is 0.493 e. The molecule has 3 nitrogen and oxygen atoms in total. The molecule has 2 atom stereocenters. The number of rotatable bonds is 3. The summed E-state index contributed by atoms with van der Waals surface area (Å²) < 4.78 is 5.72. The molecule has 0 amide bonds. The molecule has 19 heavy (non-hydrogen) atoms. The van der Waals surface area contributed by atoms with Crippen LogP contribution in [0.2, 0.25) is 0 Å². The van der Waals surface area contributed by atoms with Gasteiger partial charge in [-0.3, -0.25) is 0 Å². The second-order valence-corrected chi connectivity index (χ2v) is 5.93. The number of ether oxygens (including phenoxy) is 1. The van der Waals surface area contributed by atoms with E-state index in [-0.39, 0.29) is 0 Å². The van der Waals surface area contributed by atoms with Crippen LogP contribution < -0.4 is 10.1 Å². The maximum atomic E-state index is 5.72. The van der Waals surface area contributed by atoms with Crippen molar-refractivity contribution in [2.75, 3.05) is 13.7 Å². The molecule has 1 N–H and O–H groups in total. The standard InChI is InChI=1S/C15H18N2OS/c1-10(16-2)14-9-17-15(19-14)12-7-8-18-13-6-4-3-5-11(12)13/h3-6,9-10,12,16H,7-8H2,1-2H3. The lowest BCUT2D eigenvalue weighted by atomic mass is 9.94. The van der Waals surface area contributed by atoms with Gasteiger partial charge in [0.25, 0.3) is 0 Å². The Morgan fingerprint density at radius 3 is 3.11 bits per heavy atom. The van der Waals surface area contributed by atoms with Gasteiger partial charge in [0, 0.05) is 28.6 Å². The Labute approximate surface area is 117 Å². The minimum absolute atomic E-state index is 0.362. The predicted octanol–water partition coefficient (Wildman–Crippen LogP) is 3.34. The fourth-order valence-electron chi connectivity index (χ4n) is 2.40. The first-order valence-electron chi connectivity index (χ1n) is 6.64. The van der Waals surface area contributed by atoms with Crippen LogP contribution in [0.25, 0.3) is 0 Å². The van der Waals surface area contributed by atoms with Gasteiger partial charge in [0.1, 0.15) is 10.8 Å². The van der Waals surface area contributed by atoms with Crippen LogP contribution in [-0.2, 0) is 0 Å². The first-order chi connectivity index (χ1) is 9.29. The summed E-state index contributed by atoms with van der Waals surface area (Å²) in [4.78, 5) is 5.92. The molecule has 0 saturated carbocycles. The zero-order valence-electron chi connectivity index (χ0n) is 11.2. The number of nitrogens with zero attached hydrogens (tertiary/aromatic N) is 1. The molecule has 4 heteroatoms. The van der Waals surface area contributed by atoms with E-state index in [1.165, 1.54) is 15.4 Å². The average molecular weight is 274 g/mol. The number of benzene rings is 1. The van der Waals surface area contributed by atoms with E-state index in [0.29, 0.717) is 12.0 Å². The molecular formula is C15H18N2OS. The molecule has 3 rings (SSSR count). The molecule has 1 aliphatic rings. The van der Waals surface area contributed by atoms with Crippen molar-refractivity contribution in [2.45, 2.75) is 25.3 Å². The molecule has 1 aromatic carbocycles. The third-order valence-corrected chi connectivity index (χ3v) is 4.95. The van der Waals surface area contributed by atoms with E-state index < -0.39 is 0 Å². The molecule has 100 valence electrons. The second kappa shape index (κ2) is 5.31. The van der Waals surface area contributed by atoms with Crippen molar-refractivity contribution in [2.24, 2.45) is 0 Å². The SMILES string of the molecule is CNC(C)c1cnc(C2CCOc3ccccc32)s1. The summed E-state index contributed by atoms with van der Waals surface area (Å²) in [5.41, 5.74) is 1.27. The van der Waals surface area contributed by atoms with Crippen molar-refractivity contribution in [1.82, 2.24) is 10.3 Å². The lowest BCUT2D eigenvalue weighted by Gasteiger charge is -2.24. The van der Waals surface area contributed by atoms with E-state index in [1.807, 2.05) is 25.4 Å². The molecule has 2 heterocycles. The van der Waals surface area contributed by atoms with Crippen molar-refractivity contribution >= 4 is 11.3 Å². The van der Waals surface area contributed by atoms with Crippen molar-refractivity contribution in [1.29, 1.82) is 0 Å². The Hall–Kier alpha value is -1.39. The molecule has 2 unspecified atom stereocenters. The quantitative estimate of drug-likeness (QED) is 0.932. The Morgan fingerprint density at radius 1 is 1.42 bits per heavy atom. The first kappa shape index (κ1) is 12.6. The highest BCUT2D eigenvalue weighted by Crippen LogP contribution is 2.39. The van der Waals surface area contributed by atoms with Crippen LogP contribution in [0, 0.1) is 0 Å². The van der Waals surface area contributed by atoms with Crippen molar-refractivity contribution < 1.29 is 4.74 Å². The van der Waals surface area contributed by atoms with Crippen LogP contribution in [0.3, 0.4) is 0 Å². The van der Waals surface area contributed by atoms with Crippen LogP contribution in [-0.4, -0.2) is 18.6 Å². The Balaban J connectivity index is 1.93. The van der Waals surface area contributed by atoms with Crippen molar-refractivity contribution in [3.63, 3.8) is 0 Å². The molecule has 0 bridgehead atoms. The molecule has 0 radical (unpaired) electrons. The van der Waals surface area contributed by atoms with E-state index in [2.05, 4.69) is 29.4 Å². The lowest BCUT2D eigenvalue weighted by molar-refractivity contribution is 0.277. The van der Waals surface area contributed by atoms with Crippen molar-refractivity contribution in [3.05, 3.63) is 45.9 Å².